The van der Waals surface area contributed by atoms with Gasteiger partial charge in [-0.15, -0.1) is 0 Å². The normalized spacial score (nSPS) is 23.1. The molecule has 2 aromatic carbocycles. The van der Waals surface area contributed by atoms with Crippen LogP contribution in [0.1, 0.15) is 43.0 Å². The van der Waals surface area contributed by atoms with Gasteiger partial charge in [-0.1, -0.05) is 48.5 Å². The summed E-state index contributed by atoms with van der Waals surface area (Å²) in [5.41, 5.74) is 3.56. The van der Waals surface area contributed by atoms with E-state index in [4.69, 9.17) is 0 Å². The fraction of sp³-hybridized carbons (Fsp3) is 0.364. The van der Waals surface area contributed by atoms with Gasteiger partial charge in [0.15, 0.2) is 0 Å². The van der Waals surface area contributed by atoms with Crippen molar-refractivity contribution in [1.29, 1.82) is 0 Å². The van der Waals surface area contributed by atoms with Crippen LogP contribution >= 0.6 is 0 Å². The summed E-state index contributed by atoms with van der Waals surface area (Å²) in [6.45, 7) is 2.63. The molecule has 5 heteroatoms. The third kappa shape index (κ3) is 3.42. The molecule has 3 atom stereocenters. The summed E-state index contributed by atoms with van der Waals surface area (Å²) in [4.78, 5) is 26.0. The van der Waals surface area contributed by atoms with Gasteiger partial charge in [-0.25, -0.2) is 0 Å². The fourth-order valence-corrected chi connectivity index (χ4v) is 4.48. The average Bonchev–Trinajstić information content (AvgIpc) is 3.13. The van der Waals surface area contributed by atoms with Crippen LogP contribution in [0.5, 0.6) is 0 Å². The second-order valence-electron chi connectivity index (χ2n) is 7.34. The van der Waals surface area contributed by atoms with Crippen molar-refractivity contribution in [3.63, 3.8) is 0 Å². The summed E-state index contributed by atoms with van der Waals surface area (Å²) in [6, 6.07) is 19.1. The lowest BCUT2D eigenvalue weighted by Crippen LogP contribution is -2.38. The van der Waals surface area contributed by atoms with Crippen LogP contribution in [-0.2, 0) is 9.59 Å². The molecular formula is C22H25N3O2. The van der Waals surface area contributed by atoms with Gasteiger partial charge in [0.05, 0.1) is 12.1 Å². The van der Waals surface area contributed by atoms with E-state index in [-0.39, 0.29) is 23.9 Å². The van der Waals surface area contributed by atoms with Crippen LogP contribution in [0, 0.1) is 5.92 Å². The van der Waals surface area contributed by atoms with Crippen molar-refractivity contribution in [1.82, 2.24) is 10.2 Å². The number of hydrogen-bond donors (Lipinski definition) is 2. The minimum Gasteiger partial charge on any atom is -0.378 e. The highest BCUT2D eigenvalue weighted by Crippen LogP contribution is 2.51. The summed E-state index contributed by atoms with van der Waals surface area (Å²) >= 11 is 0. The molecular weight excluding hydrogens is 338 g/mol. The maximum absolute atomic E-state index is 12.9. The molecule has 0 saturated carbocycles. The second-order valence-corrected chi connectivity index (χ2v) is 7.34. The van der Waals surface area contributed by atoms with Gasteiger partial charge in [0.2, 0.25) is 11.8 Å². The number of amides is 2. The Labute approximate surface area is 159 Å². The van der Waals surface area contributed by atoms with Crippen molar-refractivity contribution in [3.8, 4) is 0 Å². The monoisotopic (exact) mass is 363 g/mol. The van der Waals surface area contributed by atoms with Gasteiger partial charge in [0.1, 0.15) is 0 Å². The highest BCUT2D eigenvalue weighted by atomic mass is 16.2. The number of anilines is 1. The molecule has 5 nitrogen and oxygen atoms in total. The number of carbonyl (C=O) groups excluding carboxylic acids is 2. The quantitative estimate of drug-likeness (QED) is 0.876. The molecule has 1 fully saturated rings. The van der Waals surface area contributed by atoms with Gasteiger partial charge in [-0.3, -0.25) is 9.59 Å². The summed E-state index contributed by atoms with van der Waals surface area (Å²) in [5, 5.41) is 6.43. The number of rotatable bonds is 4. The second kappa shape index (κ2) is 7.43. The zero-order chi connectivity index (χ0) is 18.8. The van der Waals surface area contributed by atoms with E-state index >= 15 is 0 Å². The fourth-order valence-electron chi connectivity index (χ4n) is 4.48. The van der Waals surface area contributed by atoms with Crippen LogP contribution in [0.2, 0.25) is 0 Å². The van der Waals surface area contributed by atoms with Crippen molar-refractivity contribution >= 4 is 17.5 Å². The Morgan fingerprint density at radius 1 is 1.11 bits per heavy atom. The van der Waals surface area contributed by atoms with Crippen molar-refractivity contribution < 1.29 is 9.59 Å². The third-order valence-corrected chi connectivity index (χ3v) is 5.66. The van der Waals surface area contributed by atoms with Gasteiger partial charge in [-0.2, -0.15) is 0 Å². The predicted molar refractivity (Wildman–Crippen MR) is 105 cm³/mol. The van der Waals surface area contributed by atoms with Crippen molar-refractivity contribution in [2.75, 3.05) is 18.4 Å². The van der Waals surface area contributed by atoms with E-state index in [1.165, 1.54) is 18.1 Å². The number of likely N-dealkylation sites (tertiary alicyclic amines) is 1. The predicted octanol–water partition coefficient (Wildman–Crippen LogP) is 3.27. The van der Waals surface area contributed by atoms with E-state index in [0.717, 1.165) is 18.7 Å². The summed E-state index contributed by atoms with van der Waals surface area (Å²) in [5.74, 6) is 0.352. The lowest BCUT2D eigenvalue weighted by Gasteiger charge is -2.40. The molecule has 2 aromatic rings. The van der Waals surface area contributed by atoms with E-state index < -0.39 is 0 Å². The van der Waals surface area contributed by atoms with E-state index in [2.05, 4.69) is 47.0 Å². The largest absolute Gasteiger partial charge is 0.378 e. The standard InChI is InChI=1S/C22H25N3O2/c1-15(26)23-13-11-20(27)25-14-12-18-21(16-7-3-2-4-8-16)24-19-10-6-5-9-17(19)22(18)25/h2-10,18,21-22,24H,11-14H2,1H3,(H,23,26)/t18-,21+,22+/m1/s1. The third-order valence-electron chi connectivity index (χ3n) is 5.66. The molecule has 140 valence electrons. The minimum atomic E-state index is -0.0987. The molecule has 4 rings (SSSR count). The molecule has 0 unspecified atom stereocenters. The first-order chi connectivity index (χ1) is 13.1. The maximum atomic E-state index is 12.9. The molecule has 2 aliphatic heterocycles. The lowest BCUT2D eigenvalue weighted by atomic mass is 9.80. The molecule has 2 N–H and O–H groups in total. The molecule has 2 heterocycles. The van der Waals surface area contributed by atoms with E-state index in [1.54, 1.807) is 0 Å². The Kier molecular flexibility index (Phi) is 4.84. The molecule has 0 aromatic heterocycles. The average molecular weight is 363 g/mol. The molecule has 0 bridgehead atoms. The topological polar surface area (TPSA) is 61.4 Å². The number of hydrogen-bond acceptors (Lipinski definition) is 3. The SMILES string of the molecule is CC(=O)NCCC(=O)N1CC[C@@H]2[C@H](c3ccccc3)Nc3ccccc3[C@@H]21. The molecule has 0 aliphatic carbocycles. The Bertz CT molecular complexity index is 836. The van der Waals surface area contributed by atoms with Gasteiger partial charge < -0.3 is 15.5 Å². The highest BCUT2D eigenvalue weighted by molar-refractivity contribution is 5.79. The number of carbonyl (C=O) groups is 2. The van der Waals surface area contributed by atoms with Gasteiger partial charge in [0, 0.05) is 38.0 Å². The van der Waals surface area contributed by atoms with Crippen molar-refractivity contribution in [2.24, 2.45) is 5.92 Å². The zero-order valence-electron chi connectivity index (χ0n) is 15.5. The van der Waals surface area contributed by atoms with Gasteiger partial charge in [-0.05, 0) is 23.6 Å². The smallest absolute Gasteiger partial charge is 0.224 e. The Hall–Kier alpha value is -2.82. The summed E-state index contributed by atoms with van der Waals surface area (Å²) < 4.78 is 0. The van der Waals surface area contributed by atoms with E-state index in [0.29, 0.717) is 18.9 Å². The summed E-state index contributed by atoms with van der Waals surface area (Å²) in [6.07, 6.45) is 1.31. The number of benzene rings is 2. The molecule has 27 heavy (non-hydrogen) atoms. The lowest BCUT2D eigenvalue weighted by molar-refractivity contribution is -0.132. The first-order valence-corrected chi connectivity index (χ1v) is 9.59. The first kappa shape index (κ1) is 17.6. The molecule has 0 spiro atoms. The van der Waals surface area contributed by atoms with Gasteiger partial charge >= 0.3 is 0 Å². The van der Waals surface area contributed by atoms with Crippen LogP contribution in [0.25, 0.3) is 0 Å². The molecule has 0 radical (unpaired) electrons. The van der Waals surface area contributed by atoms with Crippen LogP contribution in [0.15, 0.2) is 54.6 Å². The van der Waals surface area contributed by atoms with Crippen LogP contribution in [0.4, 0.5) is 5.69 Å². The molecule has 2 amide bonds. The number of nitrogens with one attached hydrogen (secondary N) is 2. The number of para-hydroxylation sites is 1. The Balaban J connectivity index is 1.62. The van der Waals surface area contributed by atoms with E-state index in [9.17, 15) is 9.59 Å². The molecule has 1 saturated heterocycles. The number of nitrogens with zero attached hydrogens (tertiary/aromatic N) is 1. The van der Waals surface area contributed by atoms with Crippen molar-refractivity contribution in [2.45, 2.75) is 31.8 Å². The zero-order valence-corrected chi connectivity index (χ0v) is 15.5. The van der Waals surface area contributed by atoms with Crippen molar-refractivity contribution in [3.05, 3.63) is 65.7 Å². The maximum Gasteiger partial charge on any atom is 0.224 e. The first-order valence-electron chi connectivity index (χ1n) is 9.59. The summed E-state index contributed by atoms with van der Waals surface area (Å²) in [7, 11) is 0. The van der Waals surface area contributed by atoms with Crippen LogP contribution in [-0.4, -0.2) is 29.8 Å². The van der Waals surface area contributed by atoms with Crippen LogP contribution < -0.4 is 10.6 Å². The van der Waals surface area contributed by atoms with Gasteiger partial charge in [0.25, 0.3) is 0 Å². The molecule has 2 aliphatic rings. The van der Waals surface area contributed by atoms with Crippen LogP contribution in [0.3, 0.4) is 0 Å². The Morgan fingerprint density at radius 3 is 2.63 bits per heavy atom. The number of fused-ring (bicyclic) bond motifs is 3. The Morgan fingerprint density at radius 2 is 1.85 bits per heavy atom. The highest BCUT2D eigenvalue weighted by Gasteiger charge is 2.45. The minimum absolute atomic E-state index is 0.0810. The van der Waals surface area contributed by atoms with E-state index in [1.807, 2.05) is 23.1 Å².